The number of ether oxygens (including phenoxy) is 3. The number of carbonyl (C=O) groups excluding carboxylic acids is 1. The number of benzene rings is 1. The Morgan fingerprint density at radius 2 is 1.83 bits per heavy atom. The third kappa shape index (κ3) is 8.39. The topological polar surface area (TPSA) is 70.5 Å². The molecular formula is C24H34N2O4. The van der Waals surface area contributed by atoms with E-state index in [1.807, 2.05) is 12.1 Å². The van der Waals surface area contributed by atoms with E-state index in [0.29, 0.717) is 30.6 Å². The SMILES string of the molecule is CCCCCCCCOC(=O)Oc1ccc(-c2cnccn2)cc1OCC(C)CC. The monoisotopic (exact) mass is 414 g/mol. The molecule has 6 heteroatoms. The molecule has 0 fully saturated rings. The van der Waals surface area contributed by atoms with Crippen molar-refractivity contribution < 1.29 is 19.0 Å². The van der Waals surface area contributed by atoms with E-state index in [2.05, 4.69) is 30.7 Å². The molecule has 0 bridgehead atoms. The van der Waals surface area contributed by atoms with Gasteiger partial charge in [-0.05, 0) is 30.5 Å². The summed E-state index contributed by atoms with van der Waals surface area (Å²) in [5.74, 6) is 1.23. The second-order valence-corrected chi connectivity index (χ2v) is 7.54. The van der Waals surface area contributed by atoms with Crippen LogP contribution in [0.15, 0.2) is 36.8 Å². The molecule has 0 saturated heterocycles. The lowest BCUT2D eigenvalue weighted by molar-refractivity contribution is 0.0954. The minimum Gasteiger partial charge on any atom is -0.489 e. The normalized spacial score (nSPS) is 11.7. The van der Waals surface area contributed by atoms with Gasteiger partial charge in [-0.25, -0.2) is 4.79 Å². The molecular weight excluding hydrogens is 380 g/mol. The summed E-state index contributed by atoms with van der Waals surface area (Å²) in [6, 6.07) is 5.36. The standard InChI is InChI=1S/C24H34N2O4/c1-4-6-7-8-9-10-15-28-24(27)30-22-12-11-20(21-17-25-13-14-26-21)16-23(22)29-18-19(3)5-2/h11-14,16-17,19H,4-10,15,18H2,1-3H3. The fourth-order valence-corrected chi connectivity index (χ4v) is 2.82. The molecule has 0 radical (unpaired) electrons. The van der Waals surface area contributed by atoms with Gasteiger partial charge < -0.3 is 14.2 Å². The highest BCUT2D eigenvalue weighted by atomic mass is 16.7. The number of unbranched alkanes of at least 4 members (excludes halogenated alkanes) is 5. The second-order valence-electron chi connectivity index (χ2n) is 7.54. The Bertz CT molecular complexity index is 752. The fraction of sp³-hybridized carbons (Fsp3) is 0.542. The molecule has 1 aromatic heterocycles. The summed E-state index contributed by atoms with van der Waals surface area (Å²) in [7, 11) is 0. The lowest BCUT2D eigenvalue weighted by Crippen LogP contribution is -2.13. The first-order valence-electron chi connectivity index (χ1n) is 11.0. The molecule has 0 saturated carbocycles. The average Bonchev–Trinajstić information content (AvgIpc) is 2.78. The number of rotatable bonds is 13. The maximum absolute atomic E-state index is 12.1. The van der Waals surface area contributed by atoms with Crippen LogP contribution in [0.3, 0.4) is 0 Å². The van der Waals surface area contributed by atoms with Crippen LogP contribution >= 0.6 is 0 Å². The molecule has 30 heavy (non-hydrogen) atoms. The maximum Gasteiger partial charge on any atom is 0.513 e. The van der Waals surface area contributed by atoms with Gasteiger partial charge in [0.25, 0.3) is 0 Å². The predicted octanol–water partition coefficient (Wildman–Crippen LogP) is 6.44. The van der Waals surface area contributed by atoms with Crippen molar-refractivity contribution in [3.63, 3.8) is 0 Å². The lowest BCUT2D eigenvalue weighted by Gasteiger charge is -2.15. The summed E-state index contributed by atoms with van der Waals surface area (Å²) in [6.45, 7) is 7.32. The van der Waals surface area contributed by atoms with Gasteiger partial charge in [0.1, 0.15) is 0 Å². The highest BCUT2D eigenvalue weighted by molar-refractivity contribution is 5.68. The molecule has 1 aromatic carbocycles. The van der Waals surface area contributed by atoms with Crippen LogP contribution in [-0.2, 0) is 4.74 Å². The Hall–Kier alpha value is -2.63. The maximum atomic E-state index is 12.1. The molecule has 0 N–H and O–H groups in total. The number of hydrogen-bond acceptors (Lipinski definition) is 6. The Morgan fingerprint density at radius 3 is 2.57 bits per heavy atom. The third-order valence-corrected chi connectivity index (χ3v) is 4.93. The van der Waals surface area contributed by atoms with Crippen molar-refractivity contribution >= 4 is 6.16 Å². The Kier molecular flexibility index (Phi) is 10.7. The minimum absolute atomic E-state index is 0.346. The molecule has 6 nitrogen and oxygen atoms in total. The molecule has 1 heterocycles. The first-order valence-corrected chi connectivity index (χ1v) is 11.0. The number of aromatic nitrogens is 2. The van der Waals surface area contributed by atoms with Gasteiger partial charge in [0.2, 0.25) is 0 Å². The number of nitrogens with zero attached hydrogens (tertiary/aromatic N) is 2. The van der Waals surface area contributed by atoms with E-state index in [1.54, 1.807) is 24.7 Å². The van der Waals surface area contributed by atoms with Crippen molar-refractivity contribution in [2.45, 2.75) is 65.7 Å². The van der Waals surface area contributed by atoms with Crippen LogP contribution in [0.25, 0.3) is 11.3 Å². The third-order valence-electron chi connectivity index (χ3n) is 4.93. The summed E-state index contributed by atoms with van der Waals surface area (Å²) < 4.78 is 16.6. The van der Waals surface area contributed by atoms with E-state index in [9.17, 15) is 4.79 Å². The van der Waals surface area contributed by atoms with Crippen LogP contribution < -0.4 is 9.47 Å². The van der Waals surface area contributed by atoms with Crippen LogP contribution in [0.5, 0.6) is 11.5 Å². The van der Waals surface area contributed by atoms with Gasteiger partial charge in [-0.1, -0.05) is 59.3 Å². The van der Waals surface area contributed by atoms with Crippen LogP contribution in [0.1, 0.15) is 65.7 Å². The van der Waals surface area contributed by atoms with Crippen molar-refractivity contribution in [1.82, 2.24) is 9.97 Å². The van der Waals surface area contributed by atoms with Crippen molar-refractivity contribution in [1.29, 1.82) is 0 Å². The second kappa shape index (κ2) is 13.6. The van der Waals surface area contributed by atoms with Crippen LogP contribution in [0.4, 0.5) is 4.79 Å². The van der Waals surface area contributed by atoms with Gasteiger partial charge in [0.15, 0.2) is 11.5 Å². The quantitative estimate of drug-likeness (QED) is 0.213. The summed E-state index contributed by atoms with van der Waals surface area (Å²) in [5, 5.41) is 0. The Labute approximate surface area is 180 Å². The van der Waals surface area contributed by atoms with Crippen LogP contribution in [0, 0.1) is 5.92 Å². The molecule has 0 aliphatic rings. The van der Waals surface area contributed by atoms with Crippen molar-refractivity contribution in [2.75, 3.05) is 13.2 Å². The zero-order valence-corrected chi connectivity index (χ0v) is 18.4. The zero-order valence-electron chi connectivity index (χ0n) is 18.4. The summed E-state index contributed by atoms with van der Waals surface area (Å²) in [6.07, 6.45) is 12.0. The molecule has 164 valence electrons. The summed E-state index contributed by atoms with van der Waals surface area (Å²) in [5.41, 5.74) is 1.57. The van der Waals surface area contributed by atoms with E-state index < -0.39 is 6.16 Å². The van der Waals surface area contributed by atoms with Gasteiger partial charge in [-0.3, -0.25) is 9.97 Å². The average molecular weight is 415 g/mol. The molecule has 0 aliphatic carbocycles. The predicted molar refractivity (Wildman–Crippen MR) is 118 cm³/mol. The van der Waals surface area contributed by atoms with Gasteiger partial charge >= 0.3 is 6.16 Å². The smallest absolute Gasteiger partial charge is 0.489 e. The van der Waals surface area contributed by atoms with Crippen molar-refractivity contribution in [2.24, 2.45) is 5.92 Å². The number of hydrogen-bond donors (Lipinski definition) is 0. The fourth-order valence-electron chi connectivity index (χ4n) is 2.82. The molecule has 0 aliphatic heterocycles. The van der Waals surface area contributed by atoms with Crippen molar-refractivity contribution in [3.05, 3.63) is 36.8 Å². The van der Waals surface area contributed by atoms with E-state index in [4.69, 9.17) is 14.2 Å². The summed E-state index contributed by atoms with van der Waals surface area (Å²) >= 11 is 0. The van der Waals surface area contributed by atoms with Gasteiger partial charge in [0.05, 0.1) is 25.1 Å². The number of carbonyl (C=O) groups is 1. The van der Waals surface area contributed by atoms with Gasteiger partial charge in [0, 0.05) is 18.0 Å². The van der Waals surface area contributed by atoms with E-state index in [1.165, 1.54) is 25.7 Å². The molecule has 0 amide bonds. The molecule has 1 unspecified atom stereocenters. The molecule has 0 spiro atoms. The lowest BCUT2D eigenvalue weighted by atomic mass is 10.1. The zero-order chi connectivity index (χ0) is 21.6. The largest absolute Gasteiger partial charge is 0.513 e. The Morgan fingerprint density at radius 1 is 1.03 bits per heavy atom. The molecule has 1 atom stereocenters. The highest BCUT2D eigenvalue weighted by Gasteiger charge is 2.15. The molecule has 2 aromatic rings. The molecule has 2 rings (SSSR count). The minimum atomic E-state index is -0.704. The first kappa shape index (κ1) is 23.6. The van der Waals surface area contributed by atoms with E-state index >= 15 is 0 Å². The van der Waals surface area contributed by atoms with Crippen LogP contribution in [0.2, 0.25) is 0 Å². The van der Waals surface area contributed by atoms with Gasteiger partial charge in [-0.2, -0.15) is 0 Å². The summed E-state index contributed by atoms with van der Waals surface area (Å²) in [4.78, 5) is 20.6. The first-order chi connectivity index (χ1) is 14.6. The van der Waals surface area contributed by atoms with Crippen molar-refractivity contribution in [3.8, 4) is 22.8 Å². The highest BCUT2D eigenvalue weighted by Crippen LogP contribution is 2.32. The van der Waals surface area contributed by atoms with Crippen LogP contribution in [-0.4, -0.2) is 29.3 Å². The Balaban J connectivity index is 1.96. The van der Waals surface area contributed by atoms with E-state index in [0.717, 1.165) is 30.5 Å². The van der Waals surface area contributed by atoms with E-state index in [-0.39, 0.29) is 0 Å². The van der Waals surface area contributed by atoms with Gasteiger partial charge in [-0.15, -0.1) is 0 Å².